The van der Waals surface area contributed by atoms with Crippen LogP contribution >= 0.6 is 0 Å². The number of amides is 1. The molecule has 0 spiro atoms. The number of hydrogen-bond acceptors (Lipinski definition) is 4. The van der Waals surface area contributed by atoms with Crippen molar-refractivity contribution in [3.8, 4) is 11.3 Å². The lowest BCUT2D eigenvalue weighted by molar-refractivity contribution is 0.0271. The quantitative estimate of drug-likeness (QED) is 0.573. The van der Waals surface area contributed by atoms with Crippen molar-refractivity contribution in [3.05, 3.63) is 77.5 Å². The van der Waals surface area contributed by atoms with Gasteiger partial charge in [-0.25, -0.2) is 0 Å². The van der Waals surface area contributed by atoms with Crippen molar-refractivity contribution in [2.75, 3.05) is 0 Å². The summed E-state index contributed by atoms with van der Waals surface area (Å²) in [5.74, 6) is 0.371. The van der Waals surface area contributed by atoms with Gasteiger partial charge < -0.3 is 14.6 Å². The number of carbonyl (C=O) groups is 1. The summed E-state index contributed by atoms with van der Waals surface area (Å²) in [7, 11) is 0. The van der Waals surface area contributed by atoms with Gasteiger partial charge in [-0.15, -0.1) is 0 Å². The average molecular weight is 419 g/mol. The molecule has 0 unspecified atom stereocenters. The van der Waals surface area contributed by atoms with Gasteiger partial charge in [0.15, 0.2) is 11.5 Å². The van der Waals surface area contributed by atoms with Crippen LogP contribution < -0.4 is 5.32 Å². The maximum absolute atomic E-state index is 12.8. The minimum absolute atomic E-state index is 0.0116. The predicted octanol–water partition coefficient (Wildman–Crippen LogP) is 5.51. The SMILES string of the molecule is CC(C)(C)c1ccc(-c2cc(C(=O)N[C@H]3CCC[C@@H]3OCc3ccccc3)no2)cc1. The molecule has 1 fully saturated rings. The van der Waals surface area contributed by atoms with Crippen molar-refractivity contribution in [1.29, 1.82) is 0 Å². The number of benzene rings is 2. The summed E-state index contributed by atoms with van der Waals surface area (Å²) in [6.45, 7) is 7.09. The molecule has 5 heteroatoms. The fourth-order valence-corrected chi connectivity index (χ4v) is 3.96. The smallest absolute Gasteiger partial charge is 0.273 e. The van der Waals surface area contributed by atoms with Crippen LogP contribution in [-0.4, -0.2) is 23.2 Å². The summed E-state index contributed by atoms with van der Waals surface area (Å²) < 4.78 is 11.5. The molecule has 2 atom stereocenters. The van der Waals surface area contributed by atoms with E-state index in [1.54, 1.807) is 6.07 Å². The normalized spacial score (nSPS) is 18.8. The van der Waals surface area contributed by atoms with Crippen molar-refractivity contribution in [2.45, 2.75) is 64.2 Å². The van der Waals surface area contributed by atoms with Crippen LogP contribution in [0.15, 0.2) is 65.2 Å². The van der Waals surface area contributed by atoms with E-state index >= 15 is 0 Å². The molecule has 0 saturated heterocycles. The van der Waals surface area contributed by atoms with Gasteiger partial charge in [0.1, 0.15) is 0 Å². The lowest BCUT2D eigenvalue weighted by Crippen LogP contribution is -2.41. The van der Waals surface area contributed by atoms with E-state index in [1.807, 2.05) is 42.5 Å². The Labute approximate surface area is 183 Å². The second kappa shape index (κ2) is 9.06. The highest BCUT2D eigenvalue weighted by Crippen LogP contribution is 2.27. The van der Waals surface area contributed by atoms with Crippen molar-refractivity contribution in [1.82, 2.24) is 10.5 Å². The molecule has 5 nitrogen and oxygen atoms in total. The predicted molar refractivity (Wildman–Crippen MR) is 121 cm³/mol. The van der Waals surface area contributed by atoms with Crippen LogP contribution in [-0.2, 0) is 16.8 Å². The van der Waals surface area contributed by atoms with Gasteiger partial charge in [0, 0.05) is 11.6 Å². The first-order valence-corrected chi connectivity index (χ1v) is 10.9. The second-order valence-corrected chi connectivity index (χ2v) is 9.25. The van der Waals surface area contributed by atoms with Gasteiger partial charge >= 0.3 is 0 Å². The third-order valence-electron chi connectivity index (χ3n) is 5.85. The van der Waals surface area contributed by atoms with E-state index in [0.29, 0.717) is 18.1 Å². The molecule has 1 aliphatic rings. The molecule has 1 aliphatic carbocycles. The number of aromatic nitrogens is 1. The average Bonchev–Trinajstić information content (AvgIpc) is 3.42. The third-order valence-corrected chi connectivity index (χ3v) is 5.85. The molecule has 31 heavy (non-hydrogen) atoms. The molecule has 0 aliphatic heterocycles. The van der Waals surface area contributed by atoms with Crippen molar-refractivity contribution in [3.63, 3.8) is 0 Å². The zero-order valence-corrected chi connectivity index (χ0v) is 18.4. The first-order valence-electron chi connectivity index (χ1n) is 10.9. The topological polar surface area (TPSA) is 64.4 Å². The van der Waals surface area contributed by atoms with E-state index in [0.717, 1.165) is 30.4 Å². The zero-order chi connectivity index (χ0) is 21.8. The molecule has 1 aromatic heterocycles. The van der Waals surface area contributed by atoms with Crippen molar-refractivity contribution >= 4 is 5.91 Å². The van der Waals surface area contributed by atoms with E-state index in [-0.39, 0.29) is 23.5 Å². The van der Waals surface area contributed by atoms with Crippen molar-refractivity contribution in [2.24, 2.45) is 0 Å². The van der Waals surface area contributed by atoms with Crippen LogP contribution in [0.2, 0.25) is 0 Å². The lowest BCUT2D eigenvalue weighted by Gasteiger charge is -2.21. The Morgan fingerprint density at radius 2 is 1.84 bits per heavy atom. The molecule has 1 N–H and O–H groups in total. The Kier molecular flexibility index (Phi) is 6.23. The van der Waals surface area contributed by atoms with Gasteiger partial charge in [0.05, 0.1) is 18.8 Å². The van der Waals surface area contributed by atoms with Crippen LogP contribution in [0.4, 0.5) is 0 Å². The molecule has 1 amide bonds. The highest BCUT2D eigenvalue weighted by atomic mass is 16.5. The summed E-state index contributed by atoms with van der Waals surface area (Å²) >= 11 is 0. The molecule has 0 bridgehead atoms. The Hall–Kier alpha value is -2.92. The monoisotopic (exact) mass is 418 g/mol. The number of hydrogen-bond donors (Lipinski definition) is 1. The van der Waals surface area contributed by atoms with Gasteiger partial charge in [-0.2, -0.15) is 0 Å². The molecule has 4 rings (SSSR count). The fourth-order valence-electron chi connectivity index (χ4n) is 3.96. The maximum Gasteiger partial charge on any atom is 0.273 e. The molecule has 2 aromatic carbocycles. The third kappa shape index (κ3) is 5.23. The minimum Gasteiger partial charge on any atom is -0.371 e. The number of nitrogens with one attached hydrogen (secondary N) is 1. The molecule has 0 radical (unpaired) electrons. The van der Waals surface area contributed by atoms with Gasteiger partial charge in [-0.3, -0.25) is 4.79 Å². The van der Waals surface area contributed by atoms with E-state index in [9.17, 15) is 4.79 Å². The van der Waals surface area contributed by atoms with E-state index in [4.69, 9.17) is 9.26 Å². The van der Waals surface area contributed by atoms with E-state index in [1.165, 1.54) is 5.56 Å². The molecule has 3 aromatic rings. The maximum atomic E-state index is 12.8. The van der Waals surface area contributed by atoms with Gasteiger partial charge in [-0.05, 0) is 35.8 Å². The molecular weight excluding hydrogens is 388 g/mol. The van der Waals surface area contributed by atoms with E-state index < -0.39 is 0 Å². The number of rotatable bonds is 6. The number of nitrogens with zero attached hydrogens (tertiary/aromatic N) is 1. The zero-order valence-electron chi connectivity index (χ0n) is 18.4. The second-order valence-electron chi connectivity index (χ2n) is 9.25. The van der Waals surface area contributed by atoms with Gasteiger partial charge in [0.25, 0.3) is 5.91 Å². The summed E-state index contributed by atoms with van der Waals surface area (Å²) in [4.78, 5) is 12.8. The Balaban J connectivity index is 1.37. The number of ether oxygens (including phenoxy) is 1. The summed E-state index contributed by atoms with van der Waals surface area (Å²) in [5.41, 5.74) is 3.67. The van der Waals surface area contributed by atoms with Crippen LogP contribution in [0, 0.1) is 0 Å². The Morgan fingerprint density at radius 3 is 2.55 bits per heavy atom. The largest absolute Gasteiger partial charge is 0.371 e. The van der Waals surface area contributed by atoms with Gasteiger partial charge in [0.2, 0.25) is 0 Å². The van der Waals surface area contributed by atoms with Crippen LogP contribution in [0.3, 0.4) is 0 Å². The highest BCUT2D eigenvalue weighted by Gasteiger charge is 2.30. The van der Waals surface area contributed by atoms with Crippen LogP contribution in [0.25, 0.3) is 11.3 Å². The van der Waals surface area contributed by atoms with Gasteiger partial charge in [-0.1, -0.05) is 80.5 Å². The minimum atomic E-state index is -0.221. The Bertz CT molecular complexity index is 1000. The fraction of sp³-hybridized carbons (Fsp3) is 0.385. The lowest BCUT2D eigenvalue weighted by atomic mass is 9.86. The van der Waals surface area contributed by atoms with Crippen LogP contribution in [0.1, 0.15) is 61.6 Å². The molecule has 162 valence electrons. The standard InChI is InChI=1S/C26H30N2O3/c1-26(2,3)20-14-12-19(13-15-20)24-16-22(28-31-24)25(29)27-21-10-7-11-23(21)30-17-18-8-5-4-6-9-18/h4-6,8-9,12-16,21,23H,7,10-11,17H2,1-3H3,(H,27,29)/t21-,23-/m0/s1. The molecular formula is C26H30N2O3. The summed E-state index contributed by atoms with van der Waals surface area (Å²) in [6.07, 6.45) is 2.90. The first kappa shape index (κ1) is 21.3. The summed E-state index contributed by atoms with van der Waals surface area (Å²) in [6, 6.07) is 20.0. The first-order chi connectivity index (χ1) is 14.9. The number of carbonyl (C=O) groups excluding carboxylic acids is 1. The molecule has 1 heterocycles. The Morgan fingerprint density at radius 1 is 1.10 bits per heavy atom. The summed E-state index contributed by atoms with van der Waals surface area (Å²) in [5, 5.41) is 7.09. The van der Waals surface area contributed by atoms with Crippen LogP contribution in [0.5, 0.6) is 0 Å². The molecule has 1 saturated carbocycles. The van der Waals surface area contributed by atoms with E-state index in [2.05, 4.69) is 43.4 Å². The van der Waals surface area contributed by atoms with Crippen molar-refractivity contribution < 1.29 is 14.1 Å². The highest BCUT2D eigenvalue weighted by molar-refractivity contribution is 5.93.